The Morgan fingerprint density at radius 3 is 2.35 bits per heavy atom. The Labute approximate surface area is 177 Å². The number of alkyl halides is 3. The topological polar surface area (TPSA) is 86.4 Å². The molecule has 10 heteroatoms. The fourth-order valence-electron chi connectivity index (χ4n) is 3.12. The predicted molar refractivity (Wildman–Crippen MR) is 112 cm³/mol. The number of pyridine rings is 1. The maximum absolute atomic E-state index is 12.8. The first-order valence-corrected chi connectivity index (χ1v) is 9.72. The number of thiophene rings is 1. The van der Waals surface area contributed by atoms with Crippen molar-refractivity contribution in [1.29, 1.82) is 0 Å². The fraction of sp³-hybridized carbons (Fsp3) is 0.0476. The van der Waals surface area contributed by atoms with Crippen molar-refractivity contribution in [2.24, 2.45) is 5.73 Å². The summed E-state index contributed by atoms with van der Waals surface area (Å²) in [6.45, 7) is 0. The smallest absolute Gasteiger partial charge is 0.404 e. The van der Waals surface area contributed by atoms with Gasteiger partial charge in [0, 0.05) is 11.5 Å². The molecule has 0 fully saturated rings. The molecule has 3 N–H and O–H groups in total. The number of hydrogen-bond acceptors (Lipinski definition) is 5. The van der Waals surface area contributed by atoms with Crippen molar-refractivity contribution in [3.05, 3.63) is 82.0 Å². The maximum atomic E-state index is 12.8. The first-order chi connectivity index (χ1) is 14.7. The number of amides is 1. The van der Waals surface area contributed by atoms with Crippen LogP contribution in [0.15, 0.2) is 71.5 Å². The molecule has 0 aliphatic rings. The molecule has 0 radical (unpaired) electrons. The van der Waals surface area contributed by atoms with Crippen LogP contribution in [-0.4, -0.2) is 16.8 Å². The Morgan fingerprint density at radius 1 is 1.00 bits per heavy atom. The van der Waals surface area contributed by atoms with Crippen molar-refractivity contribution in [2.75, 3.05) is 5.32 Å². The van der Waals surface area contributed by atoms with E-state index in [9.17, 15) is 22.8 Å². The van der Waals surface area contributed by atoms with Crippen LogP contribution < -0.4 is 21.3 Å². The Balaban J connectivity index is 1.91. The summed E-state index contributed by atoms with van der Waals surface area (Å²) in [5.41, 5.74) is 5.95. The Morgan fingerprint density at radius 2 is 1.68 bits per heavy atom. The van der Waals surface area contributed by atoms with Gasteiger partial charge >= 0.3 is 6.36 Å². The minimum Gasteiger partial charge on any atom is -0.404 e. The largest absolute Gasteiger partial charge is 0.573 e. The fourth-order valence-corrected chi connectivity index (χ4v) is 4.24. The molecular formula is C21H14F3N3O3S. The summed E-state index contributed by atoms with van der Waals surface area (Å²) in [6, 6.07) is 17.0. The second-order valence-corrected chi connectivity index (χ2v) is 7.40. The van der Waals surface area contributed by atoms with E-state index in [0.29, 0.717) is 15.9 Å². The van der Waals surface area contributed by atoms with Crippen LogP contribution in [-0.2, 0) is 0 Å². The number of ether oxygens (including phenoxy) is 1. The number of aromatic nitrogens is 1. The molecule has 0 unspecified atom stereocenters. The van der Waals surface area contributed by atoms with Gasteiger partial charge in [0.25, 0.3) is 11.5 Å². The lowest BCUT2D eigenvalue weighted by Gasteiger charge is -2.15. The number of nitrogens with one attached hydrogen (secondary N) is 1. The first-order valence-electron chi connectivity index (χ1n) is 8.90. The number of carbonyl (C=O) groups is 1. The van der Waals surface area contributed by atoms with Gasteiger partial charge in [0.05, 0.1) is 17.1 Å². The third-order valence-corrected chi connectivity index (χ3v) is 5.56. The van der Waals surface area contributed by atoms with Gasteiger partial charge in [0.15, 0.2) is 5.75 Å². The van der Waals surface area contributed by atoms with E-state index in [1.165, 1.54) is 34.9 Å². The quantitative estimate of drug-likeness (QED) is 0.462. The molecule has 0 spiro atoms. The normalized spacial score (nSPS) is 11.5. The molecule has 6 nitrogen and oxygen atoms in total. The van der Waals surface area contributed by atoms with Crippen LogP contribution in [0.2, 0.25) is 0 Å². The number of fused-ring (bicyclic) bond motifs is 1. The van der Waals surface area contributed by atoms with E-state index in [1.807, 2.05) is 0 Å². The summed E-state index contributed by atoms with van der Waals surface area (Å²) in [5.74, 6) is -1.26. The molecule has 1 amide bonds. The summed E-state index contributed by atoms with van der Waals surface area (Å²) >= 11 is 0.969. The summed E-state index contributed by atoms with van der Waals surface area (Å²) < 4.78 is 43.8. The number of halogens is 3. The maximum Gasteiger partial charge on any atom is 0.573 e. The number of nitrogens with two attached hydrogens (primary N) is 1. The summed E-state index contributed by atoms with van der Waals surface area (Å²) in [6.07, 6.45) is -4.89. The minimum absolute atomic E-state index is 0.0144. The SMILES string of the molecule is NC(=O)c1sc2c(ccc(=O)n2-c2ccccc2)c1Nc1ccccc1OC(F)(F)F. The molecule has 4 rings (SSSR count). The van der Waals surface area contributed by atoms with Crippen LogP contribution in [0.5, 0.6) is 5.75 Å². The molecule has 0 saturated heterocycles. The molecule has 0 aliphatic heterocycles. The molecule has 158 valence electrons. The molecule has 2 heterocycles. The molecular weight excluding hydrogens is 431 g/mol. The standard InChI is InChI=1S/C21H14F3N3O3S/c22-21(23,24)30-15-9-5-4-8-14(15)26-17-13-10-11-16(28)27(12-6-2-1-3-7-12)20(13)31-18(17)19(25)29/h1-11,26H,(H2,25,29). The molecule has 31 heavy (non-hydrogen) atoms. The van der Waals surface area contributed by atoms with Gasteiger partial charge in [0.2, 0.25) is 0 Å². The molecule has 0 atom stereocenters. The van der Waals surface area contributed by atoms with Gasteiger partial charge in [-0.1, -0.05) is 30.3 Å². The van der Waals surface area contributed by atoms with Crippen molar-refractivity contribution < 1.29 is 22.7 Å². The lowest BCUT2D eigenvalue weighted by molar-refractivity contribution is -0.274. The van der Waals surface area contributed by atoms with Crippen molar-refractivity contribution in [3.63, 3.8) is 0 Å². The molecule has 2 aromatic carbocycles. The minimum atomic E-state index is -4.89. The van der Waals surface area contributed by atoms with Gasteiger partial charge < -0.3 is 15.8 Å². The van der Waals surface area contributed by atoms with Gasteiger partial charge in [-0.15, -0.1) is 24.5 Å². The van der Waals surface area contributed by atoms with Gasteiger partial charge in [-0.25, -0.2) is 0 Å². The Hall–Kier alpha value is -3.79. The number of hydrogen-bond donors (Lipinski definition) is 2. The van der Waals surface area contributed by atoms with E-state index in [0.717, 1.165) is 17.4 Å². The van der Waals surface area contributed by atoms with Gasteiger partial charge in [-0.2, -0.15) is 0 Å². The monoisotopic (exact) mass is 445 g/mol. The molecule has 0 aliphatic carbocycles. The lowest BCUT2D eigenvalue weighted by Crippen LogP contribution is -2.18. The summed E-state index contributed by atoms with van der Waals surface area (Å²) in [5, 5.41) is 3.28. The lowest BCUT2D eigenvalue weighted by atomic mass is 10.2. The number of carbonyl (C=O) groups excluding carboxylic acids is 1. The van der Waals surface area contributed by atoms with Crippen LogP contribution in [0, 0.1) is 0 Å². The van der Waals surface area contributed by atoms with E-state index < -0.39 is 18.0 Å². The average molecular weight is 445 g/mol. The highest BCUT2D eigenvalue weighted by Gasteiger charge is 2.32. The summed E-state index contributed by atoms with van der Waals surface area (Å²) in [4.78, 5) is 25.2. The number of benzene rings is 2. The third-order valence-electron chi connectivity index (χ3n) is 4.35. The van der Waals surface area contributed by atoms with E-state index in [4.69, 9.17) is 5.73 Å². The predicted octanol–water partition coefficient (Wildman–Crippen LogP) is 4.79. The van der Waals surface area contributed by atoms with Crippen LogP contribution in [0.25, 0.3) is 15.9 Å². The number of para-hydroxylation sites is 3. The molecule has 0 bridgehead atoms. The highest BCUT2D eigenvalue weighted by Crippen LogP contribution is 2.40. The third kappa shape index (κ3) is 4.10. The van der Waals surface area contributed by atoms with E-state index in [-0.39, 0.29) is 21.8 Å². The number of rotatable bonds is 5. The van der Waals surface area contributed by atoms with Crippen molar-refractivity contribution in [1.82, 2.24) is 4.57 Å². The highest BCUT2D eigenvalue weighted by atomic mass is 32.1. The van der Waals surface area contributed by atoms with Crippen LogP contribution in [0.4, 0.5) is 24.5 Å². The van der Waals surface area contributed by atoms with E-state index in [2.05, 4.69) is 10.1 Å². The highest BCUT2D eigenvalue weighted by molar-refractivity contribution is 7.21. The van der Waals surface area contributed by atoms with Crippen molar-refractivity contribution >= 4 is 38.8 Å². The molecule has 4 aromatic rings. The van der Waals surface area contributed by atoms with E-state index >= 15 is 0 Å². The zero-order valence-electron chi connectivity index (χ0n) is 15.6. The van der Waals surface area contributed by atoms with Gasteiger partial charge in [-0.3, -0.25) is 14.2 Å². The molecule has 0 saturated carbocycles. The number of primary amides is 1. The van der Waals surface area contributed by atoms with Crippen LogP contribution in [0.1, 0.15) is 9.67 Å². The second kappa shape index (κ2) is 7.80. The second-order valence-electron chi connectivity index (χ2n) is 6.40. The Bertz CT molecular complexity index is 1330. The van der Waals surface area contributed by atoms with Gasteiger partial charge in [0.1, 0.15) is 9.71 Å². The van der Waals surface area contributed by atoms with Crippen molar-refractivity contribution in [2.45, 2.75) is 6.36 Å². The van der Waals surface area contributed by atoms with E-state index in [1.54, 1.807) is 30.3 Å². The summed E-state index contributed by atoms with van der Waals surface area (Å²) in [7, 11) is 0. The Kier molecular flexibility index (Phi) is 5.15. The number of nitrogens with zero attached hydrogens (tertiary/aromatic N) is 1. The zero-order chi connectivity index (χ0) is 22.2. The number of anilines is 2. The van der Waals surface area contributed by atoms with Gasteiger partial charge in [-0.05, 0) is 30.3 Å². The molecule has 2 aromatic heterocycles. The van der Waals surface area contributed by atoms with Crippen LogP contribution in [0.3, 0.4) is 0 Å². The zero-order valence-corrected chi connectivity index (χ0v) is 16.5. The first kappa shape index (κ1) is 20.5. The van der Waals surface area contributed by atoms with Crippen molar-refractivity contribution in [3.8, 4) is 11.4 Å². The van der Waals surface area contributed by atoms with Crippen LogP contribution >= 0.6 is 11.3 Å². The average Bonchev–Trinajstić information content (AvgIpc) is 3.07.